The van der Waals surface area contributed by atoms with Crippen LogP contribution in [0.1, 0.15) is 12.5 Å². The number of halogens is 1. The standard InChI is InChI=1S/C12H19N3O3S.ClH/c1-9(13)12(16)14-8-10-4-6-11(7-5-10)19(17,18)15(2)3;/h4-7,9H,8,13H2,1-3H3,(H,14,16);1H/t9-;/m0./s1. The second-order valence-electron chi connectivity index (χ2n) is 4.44. The minimum absolute atomic E-state index is 0. The summed E-state index contributed by atoms with van der Waals surface area (Å²) >= 11 is 0. The SMILES string of the molecule is C[C@H](N)C(=O)NCc1ccc(S(=O)(=O)N(C)C)cc1.Cl. The van der Waals surface area contributed by atoms with E-state index in [2.05, 4.69) is 5.32 Å². The quantitative estimate of drug-likeness (QED) is 0.817. The van der Waals surface area contributed by atoms with Gasteiger partial charge in [0.1, 0.15) is 0 Å². The number of nitrogens with zero attached hydrogens (tertiary/aromatic N) is 1. The molecule has 0 heterocycles. The molecule has 0 aliphatic carbocycles. The molecule has 6 nitrogen and oxygen atoms in total. The molecular weight excluding hydrogens is 302 g/mol. The van der Waals surface area contributed by atoms with Crippen molar-refractivity contribution in [1.82, 2.24) is 9.62 Å². The van der Waals surface area contributed by atoms with Crippen molar-refractivity contribution in [3.63, 3.8) is 0 Å². The summed E-state index contributed by atoms with van der Waals surface area (Å²) < 4.78 is 24.8. The average molecular weight is 322 g/mol. The van der Waals surface area contributed by atoms with Crippen molar-refractivity contribution >= 4 is 28.3 Å². The van der Waals surface area contributed by atoms with Crippen molar-refractivity contribution in [3.8, 4) is 0 Å². The van der Waals surface area contributed by atoms with Gasteiger partial charge in [0, 0.05) is 20.6 Å². The summed E-state index contributed by atoms with van der Waals surface area (Å²) in [4.78, 5) is 11.5. The Labute approximate surface area is 125 Å². The number of carbonyl (C=O) groups is 1. The summed E-state index contributed by atoms with van der Waals surface area (Å²) in [6.45, 7) is 1.92. The molecule has 0 saturated heterocycles. The van der Waals surface area contributed by atoms with Crippen molar-refractivity contribution in [3.05, 3.63) is 29.8 Å². The fourth-order valence-corrected chi connectivity index (χ4v) is 2.24. The maximum absolute atomic E-state index is 11.8. The summed E-state index contributed by atoms with van der Waals surface area (Å²) in [5.74, 6) is -0.245. The molecule has 8 heteroatoms. The van der Waals surface area contributed by atoms with Crippen LogP contribution >= 0.6 is 12.4 Å². The fourth-order valence-electron chi connectivity index (χ4n) is 1.34. The van der Waals surface area contributed by atoms with E-state index >= 15 is 0 Å². The van der Waals surface area contributed by atoms with Crippen molar-refractivity contribution < 1.29 is 13.2 Å². The van der Waals surface area contributed by atoms with Gasteiger partial charge < -0.3 is 11.1 Å². The number of carbonyl (C=O) groups excluding carboxylic acids is 1. The summed E-state index contributed by atoms with van der Waals surface area (Å²) in [5, 5.41) is 2.66. The first kappa shape index (κ1) is 18.9. The maximum atomic E-state index is 11.8. The Morgan fingerprint density at radius 2 is 1.80 bits per heavy atom. The second-order valence-corrected chi connectivity index (χ2v) is 6.59. The van der Waals surface area contributed by atoms with Crippen LogP contribution in [0.5, 0.6) is 0 Å². The minimum atomic E-state index is -3.41. The van der Waals surface area contributed by atoms with E-state index in [-0.39, 0.29) is 23.2 Å². The summed E-state index contributed by atoms with van der Waals surface area (Å²) in [5.41, 5.74) is 6.23. The number of benzene rings is 1. The first-order valence-corrected chi connectivity index (χ1v) is 7.24. The van der Waals surface area contributed by atoms with Crippen molar-refractivity contribution in [2.45, 2.75) is 24.4 Å². The Bertz CT molecular complexity index is 542. The normalized spacial score (nSPS) is 12.7. The van der Waals surface area contributed by atoms with Gasteiger partial charge in [0.2, 0.25) is 15.9 Å². The first-order valence-electron chi connectivity index (χ1n) is 5.80. The highest BCUT2D eigenvalue weighted by Gasteiger charge is 2.16. The van der Waals surface area contributed by atoms with Crippen LogP contribution in [0.4, 0.5) is 0 Å². The molecule has 114 valence electrons. The van der Waals surface area contributed by atoms with Crippen LogP contribution in [-0.4, -0.2) is 38.8 Å². The molecule has 0 radical (unpaired) electrons. The van der Waals surface area contributed by atoms with Gasteiger partial charge in [-0.15, -0.1) is 12.4 Å². The average Bonchev–Trinajstić information content (AvgIpc) is 2.36. The highest BCUT2D eigenvalue weighted by molar-refractivity contribution is 7.89. The third-order valence-corrected chi connectivity index (χ3v) is 4.41. The van der Waals surface area contributed by atoms with Gasteiger partial charge in [-0.2, -0.15) is 0 Å². The smallest absolute Gasteiger partial charge is 0.242 e. The van der Waals surface area contributed by atoms with Crippen molar-refractivity contribution in [2.75, 3.05) is 14.1 Å². The van der Waals surface area contributed by atoms with E-state index in [1.165, 1.54) is 26.2 Å². The van der Waals surface area contributed by atoms with E-state index < -0.39 is 16.1 Å². The largest absolute Gasteiger partial charge is 0.351 e. The maximum Gasteiger partial charge on any atom is 0.242 e. The zero-order chi connectivity index (χ0) is 14.6. The van der Waals surface area contributed by atoms with Crippen LogP contribution in [-0.2, 0) is 21.4 Å². The van der Waals surface area contributed by atoms with Crippen molar-refractivity contribution in [1.29, 1.82) is 0 Å². The second kappa shape index (κ2) is 7.58. The number of hydrogen-bond donors (Lipinski definition) is 2. The van der Waals surface area contributed by atoms with E-state index in [0.29, 0.717) is 6.54 Å². The van der Waals surface area contributed by atoms with Gasteiger partial charge in [-0.1, -0.05) is 12.1 Å². The van der Waals surface area contributed by atoms with E-state index in [9.17, 15) is 13.2 Å². The van der Waals surface area contributed by atoms with Gasteiger partial charge in [0.25, 0.3) is 0 Å². The molecule has 0 aliphatic heterocycles. The molecular formula is C12H20ClN3O3S. The van der Waals surface area contributed by atoms with Crippen LogP contribution in [0.2, 0.25) is 0 Å². The number of hydrogen-bond acceptors (Lipinski definition) is 4. The number of rotatable bonds is 5. The lowest BCUT2D eigenvalue weighted by molar-refractivity contribution is -0.122. The zero-order valence-corrected chi connectivity index (χ0v) is 13.3. The minimum Gasteiger partial charge on any atom is -0.351 e. The first-order chi connectivity index (χ1) is 8.75. The summed E-state index contributed by atoms with van der Waals surface area (Å²) in [6.07, 6.45) is 0. The molecule has 1 atom stereocenters. The van der Waals surface area contributed by atoms with E-state index in [4.69, 9.17) is 5.73 Å². The summed E-state index contributed by atoms with van der Waals surface area (Å²) in [6, 6.07) is 5.80. The third kappa shape index (κ3) is 4.75. The third-order valence-electron chi connectivity index (χ3n) is 2.58. The predicted octanol–water partition coefficient (Wildman–Crippen LogP) is 0.322. The molecule has 20 heavy (non-hydrogen) atoms. The molecule has 1 amide bonds. The Balaban J connectivity index is 0.00000361. The topological polar surface area (TPSA) is 92.5 Å². The lowest BCUT2D eigenvalue weighted by atomic mass is 10.2. The molecule has 1 rings (SSSR count). The van der Waals surface area contributed by atoms with Gasteiger partial charge >= 0.3 is 0 Å². The Morgan fingerprint density at radius 3 is 2.20 bits per heavy atom. The number of amides is 1. The molecule has 0 aliphatic rings. The number of sulfonamides is 1. The molecule has 0 spiro atoms. The van der Waals surface area contributed by atoms with Gasteiger partial charge in [0.05, 0.1) is 10.9 Å². The molecule has 1 aromatic carbocycles. The van der Waals surface area contributed by atoms with Crippen LogP contribution in [0.3, 0.4) is 0 Å². The lowest BCUT2D eigenvalue weighted by Crippen LogP contribution is -2.37. The Hall–Kier alpha value is -1.15. The van der Waals surface area contributed by atoms with Gasteiger partial charge in [0.15, 0.2) is 0 Å². The number of nitrogens with one attached hydrogen (secondary N) is 1. The Morgan fingerprint density at radius 1 is 1.30 bits per heavy atom. The van der Waals surface area contributed by atoms with E-state index in [1.807, 2.05) is 0 Å². The summed E-state index contributed by atoms with van der Waals surface area (Å²) in [7, 11) is -0.456. The van der Waals surface area contributed by atoms with Crippen LogP contribution < -0.4 is 11.1 Å². The van der Waals surface area contributed by atoms with Gasteiger partial charge in [-0.3, -0.25) is 4.79 Å². The molecule has 0 saturated carbocycles. The molecule has 3 N–H and O–H groups in total. The Kier molecular flexibility index (Phi) is 7.15. The van der Waals surface area contributed by atoms with Crippen LogP contribution in [0, 0.1) is 0 Å². The van der Waals surface area contributed by atoms with Crippen LogP contribution in [0.15, 0.2) is 29.2 Å². The van der Waals surface area contributed by atoms with Crippen LogP contribution in [0.25, 0.3) is 0 Å². The highest BCUT2D eigenvalue weighted by atomic mass is 35.5. The molecule has 0 fully saturated rings. The predicted molar refractivity (Wildman–Crippen MR) is 80.1 cm³/mol. The van der Waals surface area contributed by atoms with E-state index in [0.717, 1.165) is 9.87 Å². The monoisotopic (exact) mass is 321 g/mol. The fraction of sp³-hybridized carbons (Fsp3) is 0.417. The number of nitrogens with two attached hydrogens (primary N) is 1. The molecule has 0 unspecified atom stereocenters. The van der Waals surface area contributed by atoms with Gasteiger partial charge in [-0.25, -0.2) is 12.7 Å². The molecule has 1 aromatic rings. The van der Waals surface area contributed by atoms with E-state index in [1.54, 1.807) is 19.1 Å². The highest BCUT2D eigenvalue weighted by Crippen LogP contribution is 2.13. The van der Waals surface area contributed by atoms with Gasteiger partial charge in [-0.05, 0) is 24.6 Å². The molecule has 0 bridgehead atoms. The van der Waals surface area contributed by atoms with Crippen molar-refractivity contribution in [2.24, 2.45) is 5.73 Å². The molecule has 0 aromatic heterocycles. The zero-order valence-electron chi connectivity index (χ0n) is 11.7. The lowest BCUT2D eigenvalue weighted by Gasteiger charge is -2.12.